The Morgan fingerprint density at radius 3 is 2.22 bits per heavy atom. The minimum absolute atomic E-state index is 0.0115. The highest BCUT2D eigenvalue weighted by molar-refractivity contribution is 5.80. The number of nitrogens with two attached hydrogens (primary N) is 1. The summed E-state index contributed by atoms with van der Waals surface area (Å²) >= 11 is 0. The van der Waals surface area contributed by atoms with E-state index in [1.165, 1.54) is 0 Å². The van der Waals surface area contributed by atoms with Gasteiger partial charge >= 0.3 is 12.1 Å². The number of benzene rings is 1. The second-order valence-electron chi connectivity index (χ2n) is 9.66. The van der Waals surface area contributed by atoms with Gasteiger partial charge in [-0.3, -0.25) is 9.59 Å². The van der Waals surface area contributed by atoms with Crippen LogP contribution in [0.4, 0.5) is 4.79 Å². The summed E-state index contributed by atoms with van der Waals surface area (Å²) < 4.78 is 10.9. The summed E-state index contributed by atoms with van der Waals surface area (Å²) in [6.45, 7) is 7.17. The zero-order valence-electron chi connectivity index (χ0n) is 19.3. The molecule has 0 unspecified atom stereocenters. The van der Waals surface area contributed by atoms with Crippen LogP contribution < -0.4 is 5.73 Å². The maximum Gasteiger partial charge on any atom is 0.410 e. The maximum atomic E-state index is 13.1. The first-order chi connectivity index (χ1) is 15.1. The number of esters is 1. The van der Waals surface area contributed by atoms with Crippen LogP contribution >= 0.6 is 0 Å². The van der Waals surface area contributed by atoms with Crippen molar-refractivity contribution in [3.8, 4) is 0 Å². The highest BCUT2D eigenvalue weighted by atomic mass is 16.6. The summed E-state index contributed by atoms with van der Waals surface area (Å²) in [5.41, 5.74) is 6.66. The summed E-state index contributed by atoms with van der Waals surface area (Å²) in [4.78, 5) is 41.1. The smallest absolute Gasteiger partial charge is 0.410 e. The molecule has 3 rings (SSSR count). The zero-order chi connectivity index (χ0) is 23.3. The van der Waals surface area contributed by atoms with Crippen LogP contribution in [-0.2, 0) is 25.7 Å². The number of carbonyl (C=O) groups excluding carboxylic acids is 3. The van der Waals surface area contributed by atoms with Crippen molar-refractivity contribution >= 4 is 18.0 Å². The Kier molecular flexibility index (Phi) is 7.77. The molecule has 0 spiro atoms. The van der Waals surface area contributed by atoms with Gasteiger partial charge in [-0.1, -0.05) is 30.3 Å². The fourth-order valence-electron chi connectivity index (χ4n) is 4.22. The molecule has 2 aliphatic heterocycles. The molecule has 32 heavy (non-hydrogen) atoms. The van der Waals surface area contributed by atoms with Gasteiger partial charge in [0.25, 0.3) is 0 Å². The van der Waals surface area contributed by atoms with E-state index in [-0.39, 0.29) is 36.4 Å². The zero-order valence-corrected chi connectivity index (χ0v) is 19.3. The molecular weight excluding hydrogens is 410 g/mol. The molecular formula is C24H35N3O5. The van der Waals surface area contributed by atoms with Crippen LogP contribution in [0.2, 0.25) is 0 Å². The lowest BCUT2D eigenvalue weighted by molar-refractivity contribution is -0.164. The predicted octanol–water partition coefficient (Wildman–Crippen LogP) is 2.90. The summed E-state index contributed by atoms with van der Waals surface area (Å²) in [5, 5.41) is 0. The van der Waals surface area contributed by atoms with Crippen molar-refractivity contribution in [2.24, 2.45) is 17.6 Å². The number of carbonyl (C=O) groups is 3. The molecule has 0 aliphatic carbocycles. The van der Waals surface area contributed by atoms with Crippen molar-refractivity contribution in [3.63, 3.8) is 0 Å². The lowest BCUT2D eigenvalue weighted by Crippen LogP contribution is -2.55. The van der Waals surface area contributed by atoms with Crippen molar-refractivity contribution in [1.29, 1.82) is 0 Å². The Hall–Kier alpha value is -2.61. The van der Waals surface area contributed by atoms with Gasteiger partial charge in [0.15, 0.2) is 0 Å². The maximum absolute atomic E-state index is 13.1. The lowest BCUT2D eigenvalue weighted by atomic mass is 9.90. The number of amides is 2. The molecule has 2 N–H and O–H groups in total. The molecule has 2 saturated heterocycles. The number of likely N-dealkylation sites (tertiary alicyclic amines) is 2. The van der Waals surface area contributed by atoms with Gasteiger partial charge in [-0.05, 0) is 52.0 Å². The van der Waals surface area contributed by atoms with E-state index in [1.807, 2.05) is 51.1 Å². The molecule has 176 valence electrons. The average molecular weight is 446 g/mol. The first-order valence-electron chi connectivity index (χ1n) is 11.4. The first kappa shape index (κ1) is 24.0. The van der Waals surface area contributed by atoms with Crippen LogP contribution in [0.25, 0.3) is 0 Å². The van der Waals surface area contributed by atoms with Crippen LogP contribution in [0, 0.1) is 11.8 Å². The molecule has 2 heterocycles. The normalized spacial score (nSPS) is 22.4. The summed E-state index contributed by atoms with van der Waals surface area (Å²) in [6, 6.07) is 9.54. The minimum Gasteiger partial charge on any atom is -0.460 e. The summed E-state index contributed by atoms with van der Waals surface area (Å²) in [5.74, 6) is -0.688. The van der Waals surface area contributed by atoms with Crippen LogP contribution in [0.5, 0.6) is 0 Å². The van der Waals surface area contributed by atoms with E-state index in [9.17, 15) is 14.4 Å². The van der Waals surface area contributed by atoms with Gasteiger partial charge in [0.05, 0.1) is 12.1 Å². The highest BCUT2D eigenvalue weighted by Crippen LogP contribution is 2.28. The third-order valence-electron chi connectivity index (χ3n) is 5.98. The third kappa shape index (κ3) is 6.45. The average Bonchev–Trinajstić information content (AvgIpc) is 2.76. The van der Waals surface area contributed by atoms with E-state index in [1.54, 1.807) is 9.80 Å². The fraction of sp³-hybridized carbons (Fsp3) is 0.625. The molecule has 2 fully saturated rings. The highest BCUT2D eigenvalue weighted by Gasteiger charge is 2.38. The van der Waals surface area contributed by atoms with Crippen LogP contribution in [0.3, 0.4) is 0 Å². The minimum atomic E-state index is -0.537. The topological polar surface area (TPSA) is 102 Å². The predicted molar refractivity (Wildman–Crippen MR) is 119 cm³/mol. The second kappa shape index (κ2) is 10.3. The number of hydrogen-bond acceptors (Lipinski definition) is 6. The Bertz CT molecular complexity index is 800. The fourth-order valence-corrected chi connectivity index (χ4v) is 4.22. The molecule has 8 heteroatoms. The van der Waals surface area contributed by atoms with Crippen molar-refractivity contribution < 1.29 is 23.9 Å². The van der Waals surface area contributed by atoms with Gasteiger partial charge in [-0.15, -0.1) is 0 Å². The molecule has 2 aliphatic rings. The molecule has 0 radical (unpaired) electrons. The number of hydrogen-bond donors (Lipinski definition) is 1. The number of piperidine rings is 2. The van der Waals surface area contributed by atoms with Gasteiger partial charge in [0.2, 0.25) is 5.91 Å². The third-order valence-corrected chi connectivity index (χ3v) is 5.98. The summed E-state index contributed by atoms with van der Waals surface area (Å²) in [7, 11) is 0. The molecule has 2 atom stereocenters. The first-order valence-corrected chi connectivity index (χ1v) is 11.4. The molecule has 1 aromatic rings. The molecule has 1 aromatic carbocycles. The molecule has 8 nitrogen and oxygen atoms in total. The van der Waals surface area contributed by atoms with Gasteiger partial charge < -0.3 is 25.0 Å². The molecule has 0 saturated carbocycles. The van der Waals surface area contributed by atoms with Gasteiger partial charge in [0, 0.05) is 25.6 Å². The van der Waals surface area contributed by atoms with E-state index in [0.29, 0.717) is 45.3 Å². The standard InChI is InChI=1S/C24H35N3O5/c1-24(2,3)32-22(29)19-11-14-27(20(25)15-19)21(28)18-9-12-26(13-10-18)23(30)31-16-17-7-5-4-6-8-17/h4-8,18-20H,9-16,25H2,1-3H3/t19-,20-/m1/s1. The van der Waals surface area contributed by atoms with E-state index in [4.69, 9.17) is 15.2 Å². The quantitative estimate of drug-likeness (QED) is 0.715. The monoisotopic (exact) mass is 445 g/mol. The van der Waals surface area contributed by atoms with Crippen molar-refractivity contribution in [1.82, 2.24) is 9.80 Å². The number of ether oxygens (including phenoxy) is 2. The molecule has 2 amide bonds. The largest absolute Gasteiger partial charge is 0.460 e. The molecule has 0 aromatic heterocycles. The Balaban J connectivity index is 1.44. The van der Waals surface area contributed by atoms with E-state index in [2.05, 4.69) is 0 Å². The molecule has 0 bridgehead atoms. The number of rotatable bonds is 4. The van der Waals surface area contributed by atoms with Crippen LogP contribution in [0.15, 0.2) is 30.3 Å². The SMILES string of the molecule is CC(C)(C)OC(=O)[C@@H]1CCN(C(=O)C2CCN(C(=O)OCc3ccccc3)CC2)[C@@H](N)C1. The van der Waals surface area contributed by atoms with E-state index in [0.717, 1.165) is 5.56 Å². The van der Waals surface area contributed by atoms with Crippen molar-refractivity contribution in [3.05, 3.63) is 35.9 Å². The van der Waals surface area contributed by atoms with Crippen LogP contribution in [0.1, 0.15) is 52.0 Å². The number of nitrogens with zero attached hydrogens (tertiary/aromatic N) is 2. The van der Waals surface area contributed by atoms with E-state index < -0.39 is 11.8 Å². The Morgan fingerprint density at radius 2 is 1.62 bits per heavy atom. The van der Waals surface area contributed by atoms with E-state index >= 15 is 0 Å². The summed E-state index contributed by atoms with van der Waals surface area (Å²) in [6.07, 6.45) is 1.28. The van der Waals surface area contributed by atoms with Gasteiger partial charge in [-0.25, -0.2) is 4.79 Å². The lowest BCUT2D eigenvalue weighted by Gasteiger charge is -2.40. The van der Waals surface area contributed by atoms with Crippen molar-refractivity contribution in [2.45, 2.75) is 64.8 Å². The van der Waals surface area contributed by atoms with Crippen LogP contribution in [-0.4, -0.2) is 59.2 Å². The Labute approximate surface area is 190 Å². The Morgan fingerprint density at radius 1 is 1.00 bits per heavy atom. The second-order valence-corrected chi connectivity index (χ2v) is 9.66. The van der Waals surface area contributed by atoms with Gasteiger partial charge in [-0.2, -0.15) is 0 Å². The van der Waals surface area contributed by atoms with Crippen molar-refractivity contribution in [2.75, 3.05) is 19.6 Å². The van der Waals surface area contributed by atoms with Gasteiger partial charge in [0.1, 0.15) is 12.2 Å².